The molecule has 0 aliphatic carbocycles. The second-order valence-electron chi connectivity index (χ2n) is 3.37. The summed E-state index contributed by atoms with van der Waals surface area (Å²) in [4.78, 5) is 15.4. The Labute approximate surface area is 97.4 Å². The molecule has 17 heavy (non-hydrogen) atoms. The summed E-state index contributed by atoms with van der Waals surface area (Å²) in [6.45, 7) is 0.513. The Balaban J connectivity index is 2.38. The van der Waals surface area contributed by atoms with Crippen molar-refractivity contribution in [3.8, 4) is 6.07 Å². The molecule has 6 heteroatoms. The van der Waals surface area contributed by atoms with Crippen molar-refractivity contribution in [2.45, 2.75) is 13.0 Å². The number of aromatic nitrogens is 3. The molecule has 2 aromatic rings. The third-order valence-corrected chi connectivity index (χ3v) is 2.33. The van der Waals surface area contributed by atoms with Crippen LogP contribution in [0, 0.1) is 11.3 Å². The standard InChI is InChI=1S/C11H10N4O2/c1-17-11(16)8-3-4-10-9(14-8)7-13-15(10)6-2-5-12/h3-4,7H,2,6H2,1H3. The Morgan fingerprint density at radius 1 is 1.59 bits per heavy atom. The molecule has 2 heterocycles. The third kappa shape index (κ3) is 2.08. The number of nitrogens with zero attached hydrogens (tertiary/aromatic N) is 4. The van der Waals surface area contributed by atoms with Crippen LogP contribution in [0.15, 0.2) is 18.3 Å². The van der Waals surface area contributed by atoms with E-state index in [9.17, 15) is 4.79 Å². The van der Waals surface area contributed by atoms with Gasteiger partial charge in [0.05, 0.1) is 37.9 Å². The molecule has 0 bridgehead atoms. The molecular formula is C11H10N4O2. The molecule has 0 amide bonds. The van der Waals surface area contributed by atoms with Gasteiger partial charge in [0, 0.05) is 0 Å². The van der Waals surface area contributed by atoms with Crippen LogP contribution < -0.4 is 0 Å². The number of aryl methyl sites for hydroxylation is 1. The highest BCUT2D eigenvalue weighted by atomic mass is 16.5. The molecule has 0 N–H and O–H groups in total. The van der Waals surface area contributed by atoms with Crippen LogP contribution in [0.1, 0.15) is 16.9 Å². The third-order valence-electron chi connectivity index (χ3n) is 2.33. The van der Waals surface area contributed by atoms with Gasteiger partial charge in [-0.05, 0) is 12.1 Å². The lowest BCUT2D eigenvalue weighted by molar-refractivity contribution is 0.0594. The minimum Gasteiger partial charge on any atom is -0.464 e. The number of esters is 1. The maximum atomic E-state index is 11.3. The lowest BCUT2D eigenvalue weighted by Crippen LogP contribution is -2.04. The molecule has 0 aromatic carbocycles. The Hall–Kier alpha value is -2.42. The van der Waals surface area contributed by atoms with Crippen LogP contribution in [-0.4, -0.2) is 27.8 Å². The minimum atomic E-state index is -0.475. The summed E-state index contributed by atoms with van der Waals surface area (Å²) in [6.07, 6.45) is 1.95. The fourth-order valence-corrected chi connectivity index (χ4v) is 1.52. The van der Waals surface area contributed by atoms with Crippen LogP contribution in [0.5, 0.6) is 0 Å². The van der Waals surface area contributed by atoms with E-state index in [4.69, 9.17) is 5.26 Å². The van der Waals surface area contributed by atoms with Gasteiger partial charge in [0.15, 0.2) is 0 Å². The highest BCUT2D eigenvalue weighted by Gasteiger charge is 2.10. The SMILES string of the molecule is COC(=O)c1ccc2c(cnn2CCC#N)n1. The second-order valence-corrected chi connectivity index (χ2v) is 3.37. The minimum absolute atomic E-state index is 0.250. The first-order chi connectivity index (χ1) is 8.26. The highest BCUT2D eigenvalue weighted by molar-refractivity contribution is 5.90. The largest absolute Gasteiger partial charge is 0.464 e. The van der Waals surface area contributed by atoms with E-state index in [1.807, 2.05) is 0 Å². The molecule has 0 spiro atoms. The number of fused-ring (bicyclic) bond motifs is 1. The van der Waals surface area contributed by atoms with Gasteiger partial charge in [-0.1, -0.05) is 0 Å². The van der Waals surface area contributed by atoms with Gasteiger partial charge in [-0.2, -0.15) is 10.4 Å². The van der Waals surface area contributed by atoms with E-state index in [1.54, 1.807) is 23.0 Å². The quantitative estimate of drug-likeness (QED) is 0.738. The van der Waals surface area contributed by atoms with Crippen molar-refractivity contribution in [1.29, 1.82) is 5.26 Å². The summed E-state index contributed by atoms with van der Waals surface area (Å²) in [5.74, 6) is -0.475. The smallest absolute Gasteiger partial charge is 0.356 e. The number of hydrogen-bond donors (Lipinski definition) is 0. The predicted molar refractivity (Wildman–Crippen MR) is 59.1 cm³/mol. The number of carbonyl (C=O) groups excluding carboxylic acids is 1. The Morgan fingerprint density at radius 3 is 3.12 bits per heavy atom. The van der Waals surface area contributed by atoms with Crippen LogP contribution in [0.4, 0.5) is 0 Å². The van der Waals surface area contributed by atoms with E-state index in [1.165, 1.54) is 7.11 Å². The van der Waals surface area contributed by atoms with Gasteiger partial charge in [-0.25, -0.2) is 9.78 Å². The van der Waals surface area contributed by atoms with Crippen molar-refractivity contribution in [2.75, 3.05) is 7.11 Å². The first-order valence-corrected chi connectivity index (χ1v) is 5.04. The Kier molecular flexibility index (Phi) is 3.01. The van der Waals surface area contributed by atoms with Crippen LogP contribution in [-0.2, 0) is 11.3 Å². The first-order valence-electron chi connectivity index (χ1n) is 5.04. The zero-order valence-electron chi connectivity index (χ0n) is 9.25. The van der Waals surface area contributed by atoms with Crippen LogP contribution in [0.25, 0.3) is 11.0 Å². The monoisotopic (exact) mass is 230 g/mol. The van der Waals surface area contributed by atoms with E-state index in [-0.39, 0.29) is 5.69 Å². The van der Waals surface area contributed by atoms with Crippen LogP contribution in [0.3, 0.4) is 0 Å². The van der Waals surface area contributed by atoms with Crippen LogP contribution >= 0.6 is 0 Å². The van der Waals surface area contributed by atoms with E-state index in [0.29, 0.717) is 18.5 Å². The molecule has 0 radical (unpaired) electrons. The molecular weight excluding hydrogens is 220 g/mol. The maximum Gasteiger partial charge on any atom is 0.356 e. The lowest BCUT2D eigenvalue weighted by atomic mass is 10.3. The number of carbonyl (C=O) groups is 1. The van der Waals surface area contributed by atoms with E-state index in [2.05, 4.69) is 20.9 Å². The fraction of sp³-hybridized carbons (Fsp3) is 0.273. The highest BCUT2D eigenvalue weighted by Crippen LogP contribution is 2.13. The molecule has 6 nitrogen and oxygen atoms in total. The molecule has 0 fully saturated rings. The summed E-state index contributed by atoms with van der Waals surface area (Å²) < 4.78 is 6.27. The molecule has 0 aliphatic rings. The van der Waals surface area contributed by atoms with Gasteiger partial charge in [0.25, 0.3) is 0 Å². The second kappa shape index (κ2) is 4.61. The molecule has 0 saturated carbocycles. The molecule has 0 atom stereocenters. The number of nitriles is 1. The van der Waals surface area contributed by atoms with Gasteiger partial charge in [-0.15, -0.1) is 0 Å². The number of pyridine rings is 1. The van der Waals surface area contributed by atoms with E-state index >= 15 is 0 Å². The van der Waals surface area contributed by atoms with Crippen molar-refractivity contribution in [3.63, 3.8) is 0 Å². The van der Waals surface area contributed by atoms with Gasteiger partial charge < -0.3 is 4.74 Å². The molecule has 0 saturated heterocycles. The Bertz CT molecular complexity index is 597. The average Bonchev–Trinajstić information content (AvgIpc) is 2.77. The summed E-state index contributed by atoms with van der Waals surface area (Å²) in [5, 5.41) is 12.6. The Morgan fingerprint density at radius 2 is 2.41 bits per heavy atom. The number of ether oxygens (including phenoxy) is 1. The number of hydrogen-bond acceptors (Lipinski definition) is 5. The molecule has 2 aromatic heterocycles. The summed E-state index contributed by atoms with van der Waals surface area (Å²) in [7, 11) is 1.31. The van der Waals surface area contributed by atoms with Crippen molar-refractivity contribution in [2.24, 2.45) is 0 Å². The van der Waals surface area contributed by atoms with Crippen molar-refractivity contribution < 1.29 is 9.53 Å². The zero-order valence-corrected chi connectivity index (χ0v) is 9.25. The average molecular weight is 230 g/mol. The predicted octanol–water partition coefficient (Wildman–Crippen LogP) is 1.13. The summed E-state index contributed by atoms with van der Waals surface area (Å²) in [6, 6.07) is 5.39. The fourth-order valence-electron chi connectivity index (χ4n) is 1.52. The summed E-state index contributed by atoms with van der Waals surface area (Å²) >= 11 is 0. The maximum absolute atomic E-state index is 11.3. The van der Waals surface area contributed by atoms with Crippen molar-refractivity contribution in [1.82, 2.24) is 14.8 Å². The zero-order chi connectivity index (χ0) is 12.3. The van der Waals surface area contributed by atoms with E-state index < -0.39 is 5.97 Å². The molecule has 86 valence electrons. The normalized spacial score (nSPS) is 10.1. The number of rotatable bonds is 3. The van der Waals surface area contributed by atoms with Crippen LogP contribution in [0.2, 0.25) is 0 Å². The molecule has 0 aliphatic heterocycles. The van der Waals surface area contributed by atoms with Gasteiger partial charge >= 0.3 is 5.97 Å². The molecule has 0 unspecified atom stereocenters. The first kappa shape index (κ1) is 11.1. The van der Waals surface area contributed by atoms with E-state index in [0.717, 1.165) is 5.52 Å². The van der Waals surface area contributed by atoms with Gasteiger partial charge in [0.2, 0.25) is 0 Å². The van der Waals surface area contributed by atoms with Crippen molar-refractivity contribution in [3.05, 3.63) is 24.0 Å². The topological polar surface area (TPSA) is 80.8 Å². The van der Waals surface area contributed by atoms with Crippen molar-refractivity contribution >= 4 is 17.0 Å². The number of methoxy groups -OCH3 is 1. The molecule has 2 rings (SSSR count). The van der Waals surface area contributed by atoms with Gasteiger partial charge in [0.1, 0.15) is 11.2 Å². The van der Waals surface area contributed by atoms with Gasteiger partial charge in [-0.3, -0.25) is 4.68 Å². The summed E-state index contributed by atoms with van der Waals surface area (Å²) in [5.41, 5.74) is 1.67. The lowest BCUT2D eigenvalue weighted by Gasteiger charge is -2.00.